The van der Waals surface area contributed by atoms with E-state index in [1.165, 1.54) is 20.8 Å². The molecule has 0 saturated carbocycles. The van der Waals surface area contributed by atoms with Crippen molar-refractivity contribution in [3.8, 4) is 0 Å². The lowest BCUT2D eigenvalue weighted by atomic mass is 9.95. The zero-order chi connectivity index (χ0) is 19.5. The highest BCUT2D eigenvalue weighted by Crippen LogP contribution is 2.38. The van der Waals surface area contributed by atoms with Crippen LogP contribution in [0.5, 0.6) is 0 Å². The quantitative estimate of drug-likeness (QED) is 0.801. The highest BCUT2D eigenvalue weighted by molar-refractivity contribution is 5.75. The van der Waals surface area contributed by atoms with Crippen molar-refractivity contribution < 1.29 is 37.3 Å². The Labute approximate surface area is 150 Å². The molecule has 5 nitrogen and oxygen atoms in total. The van der Waals surface area contributed by atoms with Crippen molar-refractivity contribution in [3.63, 3.8) is 0 Å². The Morgan fingerprint density at radius 1 is 1.27 bits per heavy atom. The van der Waals surface area contributed by atoms with Crippen LogP contribution in [0, 0.1) is 5.41 Å². The summed E-state index contributed by atoms with van der Waals surface area (Å²) in [5.41, 5.74) is -0.343. The maximum absolute atomic E-state index is 14.6. The maximum atomic E-state index is 14.6. The summed E-state index contributed by atoms with van der Waals surface area (Å²) in [6.45, 7) is 3.80. The number of benzene rings is 1. The Hall–Kier alpha value is -1.64. The first-order valence-corrected chi connectivity index (χ1v) is 8.21. The van der Waals surface area contributed by atoms with Crippen molar-refractivity contribution in [1.82, 2.24) is 0 Å². The van der Waals surface area contributed by atoms with Crippen LogP contribution in [0.15, 0.2) is 30.3 Å². The van der Waals surface area contributed by atoms with E-state index >= 15 is 0 Å². The zero-order valence-corrected chi connectivity index (χ0v) is 14.8. The molecule has 2 rings (SSSR count). The first-order chi connectivity index (χ1) is 12.0. The summed E-state index contributed by atoms with van der Waals surface area (Å²) < 4.78 is 57.8. The summed E-state index contributed by atoms with van der Waals surface area (Å²) in [6.07, 6.45) is -9.12. The minimum atomic E-state index is -3.86. The lowest BCUT2D eigenvalue weighted by Crippen LogP contribution is -2.63. The molecule has 1 aliphatic heterocycles. The van der Waals surface area contributed by atoms with Gasteiger partial charge in [-0.1, -0.05) is 30.3 Å². The zero-order valence-electron chi connectivity index (χ0n) is 14.8. The van der Waals surface area contributed by atoms with Gasteiger partial charge in [0.15, 0.2) is 18.6 Å². The van der Waals surface area contributed by atoms with Gasteiger partial charge in [0, 0.05) is 0 Å². The van der Waals surface area contributed by atoms with Crippen LogP contribution in [-0.4, -0.2) is 48.3 Å². The van der Waals surface area contributed by atoms with Gasteiger partial charge in [-0.05, 0) is 26.3 Å². The summed E-state index contributed by atoms with van der Waals surface area (Å²) in [5.74, 6) is -4.86. The molecule has 0 radical (unpaired) electrons. The number of esters is 1. The number of aliphatic hydroxyl groups excluding tert-OH is 1. The molecule has 0 spiro atoms. The van der Waals surface area contributed by atoms with E-state index in [2.05, 4.69) is 9.47 Å². The molecule has 1 fully saturated rings. The second kappa shape index (κ2) is 7.94. The summed E-state index contributed by atoms with van der Waals surface area (Å²) in [4.78, 5) is 11.9. The number of hydrogen-bond donors (Lipinski definition) is 1. The van der Waals surface area contributed by atoms with Crippen LogP contribution < -0.4 is 0 Å². The van der Waals surface area contributed by atoms with Crippen LogP contribution >= 0.6 is 0 Å². The molecule has 4 atom stereocenters. The van der Waals surface area contributed by atoms with E-state index in [1.807, 2.05) is 0 Å². The van der Waals surface area contributed by atoms with Crippen LogP contribution in [-0.2, 0) is 25.6 Å². The van der Waals surface area contributed by atoms with E-state index in [-0.39, 0.29) is 6.61 Å². The Morgan fingerprint density at radius 3 is 2.46 bits per heavy atom. The molecular weight excluding hydrogens is 353 g/mol. The van der Waals surface area contributed by atoms with Crippen LogP contribution in [0.3, 0.4) is 0 Å². The van der Waals surface area contributed by atoms with Gasteiger partial charge in [-0.15, -0.1) is 0 Å². The predicted octanol–water partition coefficient (Wildman–Crippen LogP) is 2.85. The predicted molar refractivity (Wildman–Crippen MR) is 86.2 cm³/mol. The summed E-state index contributed by atoms with van der Waals surface area (Å²) in [5, 5.41) is 9.61. The second-order valence-electron chi connectivity index (χ2n) is 7.21. The number of halogens is 3. The molecule has 1 heterocycles. The van der Waals surface area contributed by atoms with Crippen LogP contribution in [0.25, 0.3) is 0 Å². The lowest BCUT2D eigenvalue weighted by molar-refractivity contribution is -0.328. The summed E-state index contributed by atoms with van der Waals surface area (Å²) >= 11 is 0. The first kappa shape index (κ1) is 20.7. The minimum absolute atomic E-state index is 0.0401. The van der Waals surface area contributed by atoms with Crippen molar-refractivity contribution in [2.24, 2.45) is 5.41 Å². The Bertz CT molecular complexity index is 603. The average Bonchev–Trinajstić information content (AvgIpc) is 2.56. The molecule has 0 aliphatic carbocycles. The van der Waals surface area contributed by atoms with Crippen molar-refractivity contribution in [2.75, 3.05) is 6.61 Å². The lowest BCUT2D eigenvalue weighted by Gasteiger charge is -2.41. The molecule has 1 aliphatic rings. The van der Waals surface area contributed by atoms with E-state index in [0.717, 1.165) is 5.56 Å². The molecule has 1 aromatic carbocycles. The number of carbonyl (C=O) groups is 1. The number of ether oxygens (including phenoxy) is 3. The fourth-order valence-corrected chi connectivity index (χ4v) is 2.32. The molecule has 0 bridgehead atoms. The van der Waals surface area contributed by atoms with Gasteiger partial charge in [-0.2, -0.15) is 8.78 Å². The highest BCUT2D eigenvalue weighted by Gasteiger charge is 2.61. The van der Waals surface area contributed by atoms with Gasteiger partial charge in [0.05, 0.1) is 18.6 Å². The topological polar surface area (TPSA) is 65.0 Å². The third kappa shape index (κ3) is 4.75. The molecular formula is C18H23F3O5. The van der Waals surface area contributed by atoms with Crippen molar-refractivity contribution >= 4 is 5.97 Å². The molecule has 0 unspecified atom stereocenters. The number of alkyl halides is 3. The van der Waals surface area contributed by atoms with Crippen molar-refractivity contribution in [2.45, 2.75) is 58.0 Å². The number of carbonyl (C=O) groups excluding carboxylic acids is 1. The number of aliphatic hydroxyl groups is 1. The van der Waals surface area contributed by atoms with Crippen LogP contribution in [0.2, 0.25) is 0 Å². The van der Waals surface area contributed by atoms with E-state index in [9.17, 15) is 23.1 Å². The standard InChI is InChI=1S/C18H23F3O5/c1-17(2,3)16(23)26-14-13(19)15(22)25-12(18(14,20)21)10-24-9-11-7-5-4-6-8-11/h4-8,12-15,22H,9-10H2,1-3H3/t12-,13+,14-,15+/m1/s1. The molecule has 1 aromatic rings. The van der Waals surface area contributed by atoms with E-state index in [0.29, 0.717) is 0 Å². The SMILES string of the molecule is CC(C)(C)C(=O)O[C@@H]1[C@H](F)[C@@H](O)O[C@H](COCc2ccccc2)C1(F)F. The smallest absolute Gasteiger partial charge is 0.315 e. The second-order valence-corrected chi connectivity index (χ2v) is 7.21. The van der Waals surface area contributed by atoms with Gasteiger partial charge >= 0.3 is 11.9 Å². The average molecular weight is 376 g/mol. The van der Waals surface area contributed by atoms with E-state index < -0.39 is 48.6 Å². The largest absolute Gasteiger partial charge is 0.452 e. The molecule has 146 valence electrons. The van der Waals surface area contributed by atoms with E-state index in [1.54, 1.807) is 30.3 Å². The number of hydrogen-bond acceptors (Lipinski definition) is 5. The van der Waals surface area contributed by atoms with Gasteiger partial charge in [0.2, 0.25) is 6.10 Å². The van der Waals surface area contributed by atoms with E-state index in [4.69, 9.17) is 4.74 Å². The number of rotatable bonds is 5. The molecule has 1 N–H and O–H groups in total. The Kier molecular flexibility index (Phi) is 6.31. The Morgan fingerprint density at radius 2 is 1.88 bits per heavy atom. The monoisotopic (exact) mass is 376 g/mol. The van der Waals surface area contributed by atoms with Gasteiger partial charge in [0.1, 0.15) is 0 Å². The highest BCUT2D eigenvalue weighted by atomic mass is 19.3. The first-order valence-electron chi connectivity index (χ1n) is 8.21. The van der Waals surface area contributed by atoms with Crippen LogP contribution in [0.4, 0.5) is 13.2 Å². The van der Waals surface area contributed by atoms with Crippen LogP contribution in [0.1, 0.15) is 26.3 Å². The van der Waals surface area contributed by atoms with Crippen molar-refractivity contribution in [3.05, 3.63) is 35.9 Å². The van der Waals surface area contributed by atoms with Crippen molar-refractivity contribution in [1.29, 1.82) is 0 Å². The maximum Gasteiger partial charge on any atom is 0.315 e. The Balaban J connectivity index is 2.05. The van der Waals surface area contributed by atoms with Gasteiger partial charge in [-0.25, -0.2) is 4.39 Å². The molecule has 0 amide bonds. The van der Waals surface area contributed by atoms with Gasteiger partial charge in [0.25, 0.3) is 0 Å². The fraction of sp³-hybridized carbons (Fsp3) is 0.611. The van der Waals surface area contributed by atoms with Gasteiger partial charge in [-0.3, -0.25) is 4.79 Å². The summed E-state index contributed by atoms with van der Waals surface area (Å²) in [6, 6.07) is 8.84. The normalized spacial score (nSPS) is 28.6. The molecule has 26 heavy (non-hydrogen) atoms. The summed E-state index contributed by atoms with van der Waals surface area (Å²) in [7, 11) is 0. The minimum Gasteiger partial charge on any atom is -0.452 e. The molecule has 0 aromatic heterocycles. The third-order valence-corrected chi connectivity index (χ3v) is 3.90. The molecule has 8 heteroatoms. The molecule has 1 saturated heterocycles. The fourth-order valence-electron chi connectivity index (χ4n) is 2.32. The van der Waals surface area contributed by atoms with Gasteiger partial charge < -0.3 is 19.3 Å². The third-order valence-electron chi connectivity index (χ3n) is 3.90.